The minimum atomic E-state index is 0.184. The molecule has 0 radical (unpaired) electrons. The van der Waals surface area contributed by atoms with Crippen LogP contribution in [0.2, 0.25) is 0 Å². The monoisotopic (exact) mass is 201 g/mol. The molecule has 0 aromatic heterocycles. The van der Waals surface area contributed by atoms with Crippen LogP contribution < -0.4 is 11.1 Å². The van der Waals surface area contributed by atoms with Crippen LogP contribution in [0.15, 0.2) is 0 Å². The molecule has 0 spiro atoms. The number of piperazine rings is 1. The molecular weight excluding hydrogens is 182 g/mol. The van der Waals surface area contributed by atoms with Gasteiger partial charge in [-0.05, 0) is 0 Å². The van der Waals surface area contributed by atoms with Gasteiger partial charge in [-0.3, -0.25) is 4.79 Å². The molecule has 0 atom stereocenters. The van der Waals surface area contributed by atoms with Crippen molar-refractivity contribution in [3.8, 4) is 0 Å². The Hall–Kier alpha value is -0.650. The van der Waals surface area contributed by atoms with Crippen molar-refractivity contribution < 1.29 is 9.53 Å². The lowest BCUT2D eigenvalue weighted by molar-refractivity contribution is -0.132. The number of nitrogens with one attached hydrogen (secondary N) is 1. The van der Waals surface area contributed by atoms with E-state index in [9.17, 15) is 4.79 Å². The van der Waals surface area contributed by atoms with Gasteiger partial charge in [0, 0.05) is 32.7 Å². The van der Waals surface area contributed by atoms with Gasteiger partial charge in [0.2, 0.25) is 5.91 Å². The van der Waals surface area contributed by atoms with Gasteiger partial charge < -0.3 is 20.7 Å². The van der Waals surface area contributed by atoms with Crippen molar-refractivity contribution in [3.05, 3.63) is 0 Å². The van der Waals surface area contributed by atoms with E-state index in [1.807, 2.05) is 4.90 Å². The number of hydrogen-bond donors (Lipinski definition) is 2. The molecule has 0 aliphatic carbocycles. The van der Waals surface area contributed by atoms with Gasteiger partial charge >= 0.3 is 0 Å². The lowest BCUT2D eigenvalue weighted by Crippen LogP contribution is -2.46. The number of carbonyl (C=O) groups excluding carboxylic acids is 1. The van der Waals surface area contributed by atoms with Crippen molar-refractivity contribution in [3.63, 3.8) is 0 Å². The minimum absolute atomic E-state index is 0.184. The number of nitrogens with zero attached hydrogens (tertiary/aromatic N) is 1. The summed E-state index contributed by atoms with van der Waals surface area (Å²) in [5.74, 6) is 0.184. The van der Waals surface area contributed by atoms with Crippen LogP contribution in [0.1, 0.15) is 6.42 Å². The summed E-state index contributed by atoms with van der Waals surface area (Å²) >= 11 is 0. The number of nitrogens with two attached hydrogens (primary N) is 1. The van der Waals surface area contributed by atoms with Crippen LogP contribution in [-0.4, -0.2) is 56.7 Å². The fraction of sp³-hybridized carbons (Fsp3) is 0.889. The SMILES string of the molecule is NCCOCCC(=O)N1CCNCC1. The predicted octanol–water partition coefficient (Wildman–Crippen LogP) is -1.22. The second-order valence-electron chi connectivity index (χ2n) is 3.28. The molecule has 0 saturated carbocycles. The number of ether oxygens (including phenoxy) is 1. The molecule has 1 saturated heterocycles. The van der Waals surface area contributed by atoms with Crippen LogP contribution in [0.25, 0.3) is 0 Å². The van der Waals surface area contributed by atoms with Crippen molar-refractivity contribution in [1.82, 2.24) is 10.2 Å². The summed E-state index contributed by atoms with van der Waals surface area (Å²) in [6.45, 7) is 4.97. The van der Waals surface area contributed by atoms with E-state index in [0.717, 1.165) is 26.2 Å². The van der Waals surface area contributed by atoms with Gasteiger partial charge in [-0.15, -0.1) is 0 Å². The lowest BCUT2D eigenvalue weighted by Gasteiger charge is -2.27. The zero-order valence-corrected chi connectivity index (χ0v) is 8.50. The van der Waals surface area contributed by atoms with E-state index >= 15 is 0 Å². The summed E-state index contributed by atoms with van der Waals surface area (Å²) in [4.78, 5) is 13.4. The molecule has 1 amide bonds. The second kappa shape index (κ2) is 6.75. The molecule has 3 N–H and O–H groups in total. The summed E-state index contributed by atoms with van der Waals surface area (Å²) in [6.07, 6.45) is 0.472. The molecule has 0 bridgehead atoms. The molecule has 0 unspecified atom stereocenters. The van der Waals surface area contributed by atoms with Crippen LogP contribution in [0.4, 0.5) is 0 Å². The van der Waals surface area contributed by atoms with Crippen LogP contribution in [-0.2, 0) is 9.53 Å². The first kappa shape index (κ1) is 11.4. The quantitative estimate of drug-likeness (QED) is 0.547. The van der Waals surface area contributed by atoms with Crippen molar-refractivity contribution in [2.45, 2.75) is 6.42 Å². The van der Waals surface area contributed by atoms with E-state index in [-0.39, 0.29) is 5.91 Å². The molecule has 1 heterocycles. The Morgan fingerprint density at radius 1 is 1.36 bits per heavy atom. The lowest BCUT2D eigenvalue weighted by atomic mass is 10.3. The number of amides is 1. The van der Waals surface area contributed by atoms with E-state index in [0.29, 0.717) is 26.2 Å². The maximum atomic E-state index is 11.5. The fourth-order valence-corrected chi connectivity index (χ4v) is 1.42. The van der Waals surface area contributed by atoms with Crippen molar-refractivity contribution in [2.75, 3.05) is 45.9 Å². The smallest absolute Gasteiger partial charge is 0.224 e. The largest absolute Gasteiger partial charge is 0.380 e. The van der Waals surface area contributed by atoms with Gasteiger partial charge in [-0.2, -0.15) is 0 Å². The number of carbonyl (C=O) groups is 1. The van der Waals surface area contributed by atoms with Gasteiger partial charge in [0.05, 0.1) is 19.6 Å². The summed E-state index contributed by atoms with van der Waals surface area (Å²) in [7, 11) is 0. The van der Waals surface area contributed by atoms with Crippen molar-refractivity contribution in [2.24, 2.45) is 5.73 Å². The van der Waals surface area contributed by atoms with E-state index in [4.69, 9.17) is 10.5 Å². The Morgan fingerprint density at radius 2 is 2.07 bits per heavy atom. The Morgan fingerprint density at radius 3 is 2.71 bits per heavy atom. The molecule has 14 heavy (non-hydrogen) atoms. The third-order valence-corrected chi connectivity index (χ3v) is 2.19. The third kappa shape index (κ3) is 4.04. The van der Waals surface area contributed by atoms with Crippen LogP contribution in [0, 0.1) is 0 Å². The maximum Gasteiger partial charge on any atom is 0.224 e. The topological polar surface area (TPSA) is 67.6 Å². The van der Waals surface area contributed by atoms with Crippen molar-refractivity contribution >= 4 is 5.91 Å². The molecule has 5 nitrogen and oxygen atoms in total. The highest BCUT2D eigenvalue weighted by Crippen LogP contribution is 1.97. The maximum absolute atomic E-state index is 11.5. The van der Waals surface area contributed by atoms with E-state index in [2.05, 4.69) is 5.32 Å². The Labute approximate surface area is 84.6 Å². The summed E-state index contributed by atoms with van der Waals surface area (Å²) < 4.78 is 5.16. The highest BCUT2D eigenvalue weighted by atomic mass is 16.5. The molecule has 0 aromatic carbocycles. The van der Waals surface area contributed by atoms with Crippen molar-refractivity contribution in [1.29, 1.82) is 0 Å². The Balaban J connectivity index is 2.07. The first-order valence-electron chi connectivity index (χ1n) is 5.11. The van der Waals surface area contributed by atoms with Gasteiger partial charge in [-0.1, -0.05) is 0 Å². The van der Waals surface area contributed by atoms with Crippen LogP contribution in [0.5, 0.6) is 0 Å². The average Bonchev–Trinajstić information content (AvgIpc) is 2.25. The average molecular weight is 201 g/mol. The van der Waals surface area contributed by atoms with Crippen LogP contribution >= 0.6 is 0 Å². The molecule has 1 fully saturated rings. The number of rotatable bonds is 5. The number of hydrogen-bond acceptors (Lipinski definition) is 4. The zero-order valence-electron chi connectivity index (χ0n) is 8.50. The first-order valence-corrected chi connectivity index (χ1v) is 5.11. The molecule has 5 heteroatoms. The molecule has 82 valence electrons. The Kier molecular flexibility index (Phi) is 5.51. The highest BCUT2D eigenvalue weighted by molar-refractivity contribution is 5.76. The zero-order chi connectivity index (χ0) is 10.2. The van der Waals surface area contributed by atoms with E-state index in [1.165, 1.54) is 0 Å². The Bertz CT molecular complexity index is 169. The molecule has 0 aromatic rings. The van der Waals surface area contributed by atoms with E-state index < -0.39 is 0 Å². The summed E-state index contributed by atoms with van der Waals surface area (Å²) in [5, 5.41) is 3.20. The van der Waals surface area contributed by atoms with Gasteiger partial charge in [-0.25, -0.2) is 0 Å². The second-order valence-corrected chi connectivity index (χ2v) is 3.28. The normalized spacial score (nSPS) is 17.1. The molecular formula is C9H19N3O2. The first-order chi connectivity index (χ1) is 6.84. The van der Waals surface area contributed by atoms with Gasteiger partial charge in [0.1, 0.15) is 0 Å². The van der Waals surface area contributed by atoms with Gasteiger partial charge in [0.15, 0.2) is 0 Å². The summed E-state index contributed by atoms with van der Waals surface area (Å²) in [5.41, 5.74) is 5.26. The highest BCUT2D eigenvalue weighted by Gasteiger charge is 2.15. The fourth-order valence-electron chi connectivity index (χ4n) is 1.42. The predicted molar refractivity (Wildman–Crippen MR) is 53.9 cm³/mol. The molecule has 1 rings (SSSR count). The molecule has 1 aliphatic heterocycles. The van der Waals surface area contributed by atoms with Crippen LogP contribution in [0.3, 0.4) is 0 Å². The van der Waals surface area contributed by atoms with E-state index in [1.54, 1.807) is 0 Å². The standard InChI is InChI=1S/C9H19N3O2/c10-2-8-14-7-1-9(13)12-5-3-11-4-6-12/h11H,1-8,10H2. The molecule has 1 aliphatic rings. The summed E-state index contributed by atoms with van der Waals surface area (Å²) in [6, 6.07) is 0. The van der Waals surface area contributed by atoms with Gasteiger partial charge in [0.25, 0.3) is 0 Å². The third-order valence-electron chi connectivity index (χ3n) is 2.19. The minimum Gasteiger partial charge on any atom is -0.380 e.